The van der Waals surface area contributed by atoms with Crippen molar-refractivity contribution in [1.82, 2.24) is 10.2 Å². The fraction of sp³-hybridized carbons (Fsp3) is 0.364. The van der Waals surface area contributed by atoms with Crippen molar-refractivity contribution in [2.45, 2.75) is 33.2 Å². The first kappa shape index (κ1) is 19.7. The Hall–Kier alpha value is -2.62. The largest absolute Gasteiger partial charge is 0.347 e. The SMILES string of the molecule is CC(C)CCC(=O)NCC(=O)N(C)Cc1ccc(-c2ccccc2)cc1. The van der Waals surface area contributed by atoms with E-state index in [1.807, 2.05) is 30.3 Å². The van der Waals surface area contributed by atoms with Gasteiger partial charge in [0.25, 0.3) is 0 Å². The molecule has 0 saturated heterocycles. The Kier molecular flexibility index (Phi) is 7.39. The number of carbonyl (C=O) groups is 2. The summed E-state index contributed by atoms with van der Waals surface area (Å²) in [4.78, 5) is 25.6. The van der Waals surface area contributed by atoms with Crippen LogP contribution >= 0.6 is 0 Å². The van der Waals surface area contributed by atoms with Crippen LogP contribution in [0.2, 0.25) is 0 Å². The van der Waals surface area contributed by atoms with Gasteiger partial charge >= 0.3 is 0 Å². The number of rotatable bonds is 8. The molecule has 0 saturated carbocycles. The van der Waals surface area contributed by atoms with Gasteiger partial charge in [-0.1, -0.05) is 68.4 Å². The van der Waals surface area contributed by atoms with Crippen molar-refractivity contribution in [3.05, 3.63) is 60.2 Å². The van der Waals surface area contributed by atoms with Crippen molar-refractivity contribution >= 4 is 11.8 Å². The lowest BCUT2D eigenvalue weighted by Gasteiger charge is -2.18. The van der Waals surface area contributed by atoms with Crippen LogP contribution in [0.4, 0.5) is 0 Å². The molecule has 0 aliphatic heterocycles. The van der Waals surface area contributed by atoms with Crippen molar-refractivity contribution in [1.29, 1.82) is 0 Å². The van der Waals surface area contributed by atoms with Crippen molar-refractivity contribution in [2.75, 3.05) is 13.6 Å². The number of nitrogens with one attached hydrogen (secondary N) is 1. The van der Waals surface area contributed by atoms with Gasteiger partial charge < -0.3 is 10.2 Å². The van der Waals surface area contributed by atoms with E-state index in [1.54, 1.807) is 11.9 Å². The third-order valence-corrected chi connectivity index (χ3v) is 4.29. The Balaban J connectivity index is 1.82. The van der Waals surface area contributed by atoms with E-state index in [9.17, 15) is 9.59 Å². The highest BCUT2D eigenvalue weighted by Crippen LogP contribution is 2.19. The van der Waals surface area contributed by atoms with Crippen molar-refractivity contribution in [3.63, 3.8) is 0 Å². The number of likely N-dealkylation sites (N-methyl/N-ethyl adjacent to an activating group) is 1. The number of benzene rings is 2. The minimum Gasteiger partial charge on any atom is -0.347 e. The summed E-state index contributed by atoms with van der Waals surface area (Å²) >= 11 is 0. The highest BCUT2D eigenvalue weighted by molar-refractivity contribution is 5.84. The predicted molar refractivity (Wildman–Crippen MR) is 105 cm³/mol. The molecule has 2 rings (SSSR count). The molecule has 4 nitrogen and oxygen atoms in total. The van der Waals surface area contributed by atoms with E-state index in [0.29, 0.717) is 18.9 Å². The maximum absolute atomic E-state index is 12.2. The van der Waals surface area contributed by atoms with E-state index in [2.05, 4.69) is 43.4 Å². The van der Waals surface area contributed by atoms with Crippen LogP contribution in [0.15, 0.2) is 54.6 Å². The van der Waals surface area contributed by atoms with Gasteiger partial charge in [-0.25, -0.2) is 0 Å². The topological polar surface area (TPSA) is 49.4 Å². The van der Waals surface area contributed by atoms with Gasteiger partial charge in [0.15, 0.2) is 0 Å². The lowest BCUT2D eigenvalue weighted by molar-refractivity contribution is -0.132. The monoisotopic (exact) mass is 352 g/mol. The molecule has 4 heteroatoms. The van der Waals surface area contributed by atoms with Gasteiger partial charge in [-0.3, -0.25) is 9.59 Å². The molecule has 1 N–H and O–H groups in total. The maximum atomic E-state index is 12.2. The molecular formula is C22H28N2O2. The fourth-order valence-corrected chi connectivity index (χ4v) is 2.61. The van der Waals surface area contributed by atoms with Crippen LogP contribution in [0.3, 0.4) is 0 Å². The average Bonchev–Trinajstić information content (AvgIpc) is 2.65. The number of nitrogens with zero attached hydrogens (tertiary/aromatic N) is 1. The van der Waals surface area contributed by atoms with E-state index < -0.39 is 0 Å². The summed E-state index contributed by atoms with van der Waals surface area (Å²) in [6, 6.07) is 18.4. The molecule has 0 aliphatic carbocycles. The summed E-state index contributed by atoms with van der Waals surface area (Å²) in [6.45, 7) is 4.73. The van der Waals surface area contributed by atoms with Gasteiger partial charge in [-0.15, -0.1) is 0 Å². The first-order valence-corrected chi connectivity index (χ1v) is 9.10. The van der Waals surface area contributed by atoms with Crippen LogP contribution in [0.1, 0.15) is 32.3 Å². The van der Waals surface area contributed by atoms with Gasteiger partial charge in [0.1, 0.15) is 0 Å². The number of hydrogen-bond donors (Lipinski definition) is 1. The Morgan fingerprint density at radius 1 is 0.962 bits per heavy atom. The van der Waals surface area contributed by atoms with Crippen LogP contribution < -0.4 is 5.32 Å². The zero-order chi connectivity index (χ0) is 18.9. The van der Waals surface area contributed by atoms with E-state index in [0.717, 1.165) is 17.5 Å². The molecule has 138 valence electrons. The van der Waals surface area contributed by atoms with E-state index in [4.69, 9.17) is 0 Å². The first-order chi connectivity index (χ1) is 12.5. The van der Waals surface area contributed by atoms with Gasteiger partial charge in [0.2, 0.25) is 11.8 Å². The molecule has 0 atom stereocenters. The number of amides is 2. The second-order valence-electron chi connectivity index (χ2n) is 7.02. The minimum atomic E-state index is -0.0879. The van der Waals surface area contributed by atoms with Crippen LogP contribution in [-0.2, 0) is 16.1 Å². The van der Waals surface area contributed by atoms with Crippen LogP contribution in [0.5, 0.6) is 0 Å². The average molecular weight is 352 g/mol. The lowest BCUT2D eigenvalue weighted by atomic mass is 10.0. The Labute approximate surface area is 156 Å². The smallest absolute Gasteiger partial charge is 0.242 e. The van der Waals surface area contributed by atoms with E-state index >= 15 is 0 Å². The highest BCUT2D eigenvalue weighted by Gasteiger charge is 2.11. The summed E-state index contributed by atoms with van der Waals surface area (Å²) in [7, 11) is 1.76. The quantitative estimate of drug-likeness (QED) is 0.784. The van der Waals surface area contributed by atoms with Crippen LogP contribution in [0, 0.1) is 5.92 Å². The molecule has 0 spiro atoms. The third-order valence-electron chi connectivity index (χ3n) is 4.29. The fourth-order valence-electron chi connectivity index (χ4n) is 2.61. The second-order valence-corrected chi connectivity index (χ2v) is 7.02. The van der Waals surface area contributed by atoms with Crippen molar-refractivity contribution in [2.24, 2.45) is 5.92 Å². The maximum Gasteiger partial charge on any atom is 0.242 e. The van der Waals surface area contributed by atoms with E-state index in [1.165, 1.54) is 5.56 Å². The summed E-state index contributed by atoms with van der Waals surface area (Å²) in [6.07, 6.45) is 1.30. The molecule has 0 radical (unpaired) electrons. The standard InChI is InChI=1S/C22H28N2O2/c1-17(2)9-14-21(25)23-15-22(26)24(3)16-18-10-12-20(13-11-18)19-7-5-4-6-8-19/h4-8,10-13,17H,9,14-16H2,1-3H3,(H,23,25). The molecule has 0 fully saturated rings. The molecule has 2 amide bonds. The van der Waals surface area contributed by atoms with Crippen LogP contribution in [0.25, 0.3) is 11.1 Å². The van der Waals surface area contributed by atoms with Crippen molar-refractivity contribution < 1.29 is 9.59 Å². The zero-order valence-electron chi connectivity index (χ0n) is 15.9. The van der Waals surface area contributed by atoms with Gasteiger partial charge in [0.05, 0.1) is 6.54 Å². The minimum absolute atomic E-state index is 0.0511. The summed E-state index contributed by atoms with van der Waals surface area (Å²) in [5, 5.41) is 2.70. The first-order valence-electron chi connectivity index (χ1n) is 9.10. The number of hydrogen-bond acceptors (Lipinski definition) is 2. The molecule has 0 bridgehead atoms. The Morgan fingerprint density at radius 3 is 2.19 bits per heavy atom. The molecule has 2 aromatic carbocycles. The van der Waals surface area contributed by atoms with Gasteiger partial charge in [-0.2, -0.15) is 0 Å². The normalized spacial score (nSPS) is 10.6. The third kappa shape index (κ3) is 6.36. The second kappa shape index (κ2) is 9.76. The number of carbonyl (C=O) groups excluding carboxylic acids is 2. The van der Waals surface area contributed by atoms with Gasteiger partial charge in [-0.05, 0) is 29.0 Å². The summed E-state index contributed by atoms with van der Waals surface area (Å²) < 4.78 is 0. The van der Waals surface area contributed by atoms with Gasteiger partial charge in [0, 0.05) is 20.0 Å². The molecule has 0 heterocycles. The van der Waals surface area contributed by atoms with E-state index in [-0.39, 0.29) is 18.4 Å². The van der Waals surface area contributed by atoms with Crippen molar-refractivity contribution in [3.8, 4) is 11.1 Å². The zero-order valence-corrected chi connectivity index (χ0v) is 15.9. The Bertz CT molecular complexity index is 709. The summed E-state index contributed by atoms with van der Waals surface area (Å²) in [5.74, 6) is 0.334. The molecular weight excluding hydrogens is 324 g/mol. The van der Waals surface area contributed by atoms with Crippen LogP contribution in [-0.4, -0.2) is 30.3 Å². The molecule has 0 aliphatic rings. The lowest BCUT2D eigenvalue weighted by Crippen LogP contribution is -2.37. The Morgan fingerprint density at radius 2 is 1.58 bits per heavy atom. The highest BCUT2D eigenvalue weighted by atomic mass is 16.2. The molecule has 26 heavy (non-hydrogen) atoms. The summed E-state index contributed by atoms with van der Waals surface area (Å²) in [5.41, 5.74) is 3.39. The molecule has 2 aromatic rings. The predicted octanol–water partition coefficient (Wildman–Crippen LogP) is 3.86. The molecule has 0 unspecified atom stereocenters. The molecule has 0 aromatic heterocycles.